The number of carbonyl (C=O) groups excluding carboxylic acids is 2. The summed E-state index contributed by atoms with van der Waals surface area (Å²) >= 11 is 0. The fourth-order valence-electron chi connectivity index (χ4n) is 5.30. The normalized spacial score (nSPS) is 19.2. The molecule has 0 bridgehead atoms. The Morgan fingerprint density at radius 1 is 0.943 bits per heavy atom. The Labute approximate surface area is 204 Å². The van der Waals surface area contributed by atoms with Gasteiger partial charge in [-0.25, -0.2) is 4.79 Å². The van der Waals surface area contributed by atoms with Crippen molar-refractivity contribution in [3.8, 4) is 11.1 Å². The van der Waals surface area contributed by atoms with Crippen molar-refractivity contribution >= 4 is 18.0 Å². The Kier molecular flexibility index (Phi) is 6.23. The minimum atomic E-state index is -0.930. The average molecular weight is 479 g/mol. The summed E-state index contributed by atoms with van der Waals surface area (Å²) in [5, 5.41) is 14.9. The van der Waals surface area contributed by atoms with Crippen LogP contribution in [0.15, 0.2) is 48.5 Å². The van der Waals surface area contributed by atoms with Crippen molar-refractivity contribution in [1.82, 2.24) is 10.6 Å². The summed E-state index contributed by atoms with van der Waals surface area (Å²) in [6.45, 7) is 1.13. The summed E-state index contributed by atoms with van der Waals surface area (Å²) in [7, 11) is 0. The summed E-state index contributed by atoms with van der Waals surface area (Å²) in [4.78, 5) is 37.2. The smallest absolute Gasteiger partial charge is 0.407 e. The number of aliphatic carboxylic acids is 1. The van der Waals surface area contributed by atoms with Gasteiger partial charge in [0.05, 0.1) is 17.4 Å². The Balaban J connectivity index is 1.22. The summed E-state index contributed by atoms with van der Waals surface area (Å²) in [5.74, 6) is -1.20. The molecule has 2 amide bonds. The van der Waals surface area contributed by atoms with Gasteiger partial charge in [0, 0.05) is 25.7 Å². The number of rotatable bonds is 8. The molecule has 0 aromatic heterocycles. The Bertz CT molecular complexity index is 1090. The molecule has 1 heterocycles. The Hall–Kier alpha value is -3.39. The molecule has 184 valence electrons. The third-order valence-electron chi connectivity index (χ3n) is 7.57. The van der Waals surface area contributed by atoms with E-state index >= 15 is 0 Å². The van der Waals surface area contributed by atoms with Gasteiger partial charge in [-0.05, 0) is 47.9 Å². The van der Waals surface area contributed by atoms with Gasteiger partial charge in [0.15, 0.2) is 0 Å². The lowest BCUT2D eigenvalue weighted by atomic mass is 9.78. The third-order valence-corrected chi connectivity index (χ3v) is 7.57. The highest BCUT2D eigenvalue weighted by atomic mass is 16.5. The van der Waals surface area contributed by atoms with Gasteiger partial charge < -0.3 is 25.2 Å². The molecular formula is C27H30N2O6. The number of benzene rings is 2. The number of fused-ring (bicyclic) bond motifs is 3. The molecule has 0 atom stereocenters. The highest BCUT2D eigenvalue weighted by Crippen LogP contribution is 2.44. The monoisotopic (exact) mass is 478 g/mol. The van der Waals surface area contributed by atoms with Gasteiger partial charge in [0.1, 0.15) is 6.61 Å². The van der Waals surface area contributed by atoms with Crippen LogP contribution in [0, 0.1) is 5.41 Å². The van der Waals surface area contributed by atoms with Gasteiger partial charge in [0.25, 0.3) is 0 Å². The molecule has 2 aliphatic carbocycles. The number of ether oxygens (including phenoxy) is 2. The van der Waals surface area contributed by atoms with Crippen molar-refractivity contribution in [3.63, 3.8) is 0 Å². The van der Waals surface area contributed by atoms with E-state index in [9.17, 15) is 19.5 Å². The zero-order valence-electron chi connectivity index (χ0n) is 19.5. The van der Waals surface area contributed by atoms with Crippen LogP contribution in [-0.4, -0.2) is 55.0 Å². The van der Waals surface area contributed by atoms with Crippen molar-refractivity contribution in [3.05, 3.63) is 59.7 Å². The number of carbonyl (C=O) groups is 3. The first kappa shape index (κ1) is 23.4. The molecule has 3 aliphatic rings. The van der Waals surface area contributed by atoms with E-state index in [0.717, 1.165) is 22.3 Å². The molecule has 0 radical (unpaired) electrons. The minimum absolute atomic E-state index is 0.0424. The van der Waals surface area contributed by atoms with Crippen LogP contribution in [-0.2, 0) is 19.1 Å². The van der Waals surface area contributed by atoms with Crippen LogP contribution in [0.25, 0.3) is 11.1 Å². The van der Waals surface area contributed by atoms with Gasteiger partial charge >= 0.3 is 12.1 Å². The number of amides is 2. The quantitative estimate of drug-likeness (QED) is 0.536. The zero-order chi connectivity index (χ0) is 24.5. The van der Waals surface area contributed by atoms with E-state index in [4.69, 9.17) is 9.47 Å². The lowest BCUT2D eigenvalue weighted by molar-refractivity contribution is -0.140. The number of hydrogen-bond donors (Lipinski definition) is 3. The van der Waals surface area contributed by atoms with E-state index in [2.05, 4.69) is 34.9 Å². The van der Waals surface area contributed by atoms with E-state index in [0.29, 0.717) is 38.9 Å². The van der Waals surface area contributed by atoms with Crippen molar-refractivity contribution in [2.24, 2.45) is 5.41 Å². The van der Waals surface area contributed by atoms with E-state index in [1.54, 1.807) is 0 Å². The van der Waals surface area contributed by atoms with Crippen molar-refractivity contribution < 1.29 is 29.0 Å². The molecule has 2 fully saturated rings. The van der Waals surface area contributed by atoms with Crippen molar-refractivity contribution in [2.45, 2.75) is 43.6 Å². The van der Waals surface area contributed by atoms with E-state index in [1.165, 1.54) is 0 Å². The van der Waals surface area contributed by atoms with E-state index < -0.39 is 23.0 Å². The number of nitrogens with one attached hydrogen (secondary N) is 2. The van der Waals surface area contributed by atoms with Gasteiger partial charge in [-0.15, -0.1) is 0 Å². The molecule has 1 aliphatic heterocycles. The van der Waals surface area contributed by atoms with Crippen LogP contribution in [0.5, 0.6) is 0 Å². The Morgan fingerprint density at radius 2 is 1.54 bits per heavy atom. The molecule has 0 spiro atoms. The maximum absolute atomic E-state index is 13.3. The molecule has 3 N–H and O–H groups in total. The average Bonchev–Trinajstić information content (AvgIpc) is 3.53. The standard InChI is InChI=1S/C27H30N2O6/c30-23(31)15-27(9-10-27)29-24(32)26(11-13-34-14-12-26)17-28-25(33)35-16-22-20-7-3-1-5-18(20)19-6-2-4-8-21(19)22/h1-8,22H,9-17H2,(H,28,33)(H,29,32)(H,30,31). The SMILES string of the molecule is O=C(O)CC1(NC(=O)C2(CNC(=O)OCC3c4ccccc4-c4ccccc43)CCOCC2)CC1. The Morgan fingerprint density at radius 3 is 2.11 bits per heavy atom. The van der Waals surface area contributed by atoms with Crippen molar-refractivity contribution in [1.29, 1.82) is 0 Å². The number of hydrogen-bond acceptors (Lipinski definition) is 5. The van der Waals surface area contributed by atoms with Crippen molar-refractivity contribution in [2.75, 3.05) is 26.4 Å². The van der Waals surface area contributed by atoms with E-state index in [-0.39, 0.29) is 31.4 Å². The summed E-state index contributed by atoms with van der Waals surface area (Å²) in [6.07, 6.45) is 1.54. The number of alkyl carbamates (subject to hydrolysis) is 1. The molecule has 8 heteroatoms. The predicted octanol–water partition coefficient (Wildman–Crippen LogP) is 3.45. The molecule has 2 aromatic rings. The van der Waals surface area contributed by atoms with Gasteiger partial charge in [0.2, 0.25) is 5.91 Å². The fraction of sp³-hybridized carbons (Fsp3) is 0.444. The summed E-state index contributed by atoms with van der Waals surface area (Å²) in [6, 6.07) is 16.3. The second kappa shape index (κ2) is 9.34. The molecular weight excluding hydrogens is 448 g/mol. The molecule has 1 saturated carbocycles. The minimum Gasteiger partial charge on any atom is -0.481 e. The fourth-order valence-corrected chi connectivity index (χ4v) is 5.30. The number of carboxylic acids is 1. The van der Waals surface area contributed by atoms with Crippen LogP contribution in [0.1, 0.15) is 49.1 Å². The van der Waals surface area contributed by atoms with Crippen LogP contribution >= 0.6 is 0 Å². The van der Waals surface area contributed by atoms with Crippen LogP contribution in [0.4, 0.5) is 4.79 Å². The highest BCUT2D eigenvalue weighted by Gasteiger charge is 2.50. The van der Waals surface area contributed by atoms with Gasteiger partial charge in [-0.2, -0.15) is 0 Å². The van der Waals surface area contributed by atoms with Crippen LogP contribution in [0.2, 0.25) is 0 Å². The molecule has 35 heavy (non-hydrogen) atoms. The molecule has 1 saturated heterocycles. The second-order valence-electron chi connectivity index (χ2n) is 9.88. The maximum atomic E-state index is 13.3. The summed E-state index contributed by atoms with van der Waals surface area (Å²) in [5.41, 5.74) is 3.07. The zero-order valence-corrected chi connectivity index (χ0v) is 19.5. The first-order valence-electron chi connectivity index (χ1n) is 12.1. The third kappa shape index (κ3) is 4.75. The summed E-state index contributed by atoms with van der Waals surface area (Å²) < 4.78 is 11.1. The molecule has 5 rings (SSSR count). The lowest BCUT2D eigenvalue weighted by Crippen LogP contribution is -2.54. The largest absolute Gasteiger partial charge is 0.481 e. The second-order valence-corrected chi connectivity index (χ2v) is 9.88. The first-order chi connectivity index (χ1) is 16.9. The van der Waals surface area contributed by atoms with Crippen LogP contribution in [0.3, 0.4) is 0 Å². The predicted molar refractivity (Wildman–Crippen MR) is 128 cm³/mol. The van der Waals surface area contributed by atoms with Gasteiger partial charge in [-0.3, -0.25) is 9.59 Å². The first-order valence-corrected chi connectivity index (χ1v) is 12.1. The maximum Gasteiger partial charge on any atom is 0.407 e. The number of carboxylic acid groups (broad SMARTS) is 1. The van der Waals surface area contributed by atoms with Crippen LogP contribution < -0.4 is 10.6 Å². The lowest BCUT2D eigenvalue weighted by Gasteiger charge is -2.37. The van der Waals surface area contributed by atoms with Gasteiger partial charge in [-0.1, -0.05) is 48.5 Å². The molecule has 0 unspecified atom stereocenters. The highest BCUT2D eigenvalue weighted by molar-refractivity contribution is 5.85. The molecule has 2 aromatic carbocycles. The topological polar surface area (TPSA) is 114 Å². The van der Waals surface area contributed by atoms with E-state index in [1.807, 2.05) is 24.3 Å². The molecule has 8 nitrogen and oxygen atoms in total.